The van der Waals surface area contributed by atoms with Crippen molar-refractivity contribution in [2.24, 2.45) is 4.99 Å². The predicted molar refractivity (Wildman–Crippen MR) is 90.6 cm³/mol. The topological polar surface area (TPSA) is 40.0 Å². The molecular weight excluding hydrogens is 315 g/mol. The van der Waals surface area contributed by atoms with Gasteiger partial charge in [-0.1, -0.05) is 30.3 Å². The Bertz CT molecular complexity index is 696. The highest BCUT2D eigenvalue weighted by atomic mass is 19.2. The lowest BCUT2D eigenvalue weighted by Crippen LogP contribution is -2.11. The summed E-state index contributed by atoms with van der Waals surface area (Å²) in [4.78, 5) is 4.43. The van der Waals surface area contributed by atoms with E-state index in [9.17, 15) is 8.63 Å². The van der Waals surface area contributed by atoms with Gasteiger partial charge in [-0.3, -0.25) is 4.99 Å². The Hall–Kier alpha value is -2.57. The molecule has 1 unspecified atom stereocenters. The standard InChI is InChI=1S/C17H18BF2NO3/c1-12(13-7-5-4-6-8-13)21-11-15-16(23-3)9-14(22-2)10-17(15)24-18(19)20/h4-12H,1-3H3. The lowest BCUT2D eigenvalue weighted by atomic mass is 10.1. The minimum Gasteiger partial charge on any atom is -0.504 e. The number of halogens is 2. The van der Waals surface area contributed by atoms with Crippen molar-refractivity contribution in [3.63, 3.8) is 0 Å². The second-order valence-corrected chi connectivity index (χ2v) is 4.98. The molecule has 0 N–H and O–H groups in total. The van der Waals surface area contributed by atoms with Crippen LogP contribution < -0.4 is 14.1 Å². The molecule has 0 aliphatic heterocycles. The SMILES string of the molecule is COc1cc(OC)c(C=NC(C)c2ccccc2)c(OB(F)F)c1. The first-order valence-electron chi connectivity index (χ1n) is 7.34. The zero-order valence-corrected chi connectivity index (χ0v) is 13.7. The normalized spacial score (nSPS) is 12.0. The van der Waals surface area contributed by atoms with Crippen LogP contribution in [-0.4, -0.2) is 27.9 Å². The Labute approximate surface area is 140 Å². The Morgan fingerprint density at radius 3 is 2.29 bits per heavy atom. The van der Waals surface area contributed by atoms with Gasteiger partial charge in [0.2, 0.25) is 0 Å². The average molecular weight is 333 g/mol. The molecule has 0 saturated carbocycles. The van der Waals surface area contributed by atoms with Crippen molar-refractivity contribution in [2.45, 2.75) is 13.0 Å². The van der Waals surface area contributed by atoms with E-state index in [0.29, 0.717) is 17.1 Å². The van der Waals surface area contributed by atoms with E-state index >= 15 is 0 Å². The molecule has 0 amide bonds. The summed E-state index contributed by atoms with van der Waals surface area (Å²) in [5.41, 5.74) is 1.35. The molecule has 0 aliphatic carbocycles. The number of methoxy groups -OCH3 is 2. The largest absolute Gasteiger partial charge is 0.796 e. The minimum absolute atomic E-state index is 0.0507. The van der Waals surface area contributed by atoms with Crippen molar-refractivity contribution in [3.8, 4) is 17.2 Å². The van der Waals surface area contributed by atoms with Crippen molar-refractivity contribution in [2.75, 3.05) is 14.2 Å². The summed E-state index contributed by atoms with van der Waals surface area (Å²) in [6.45, 7) is 1.91. The molecule has 2 aromatic rings. The van der Waals surface area contributed by atoms with Gasteiger partial charge in [0.1, 0.15) is 17.2 Å². The Kier molecular flexibility index (Phi) is 6.17. The fourth-order valence-corrected chi connectivity index (χ4v) is 2.19. The zero-order valence-electron chi connectivity index (χ0n) is 13.7. The summed E-state index contributed by atoms with van der Waals surface area (Å²) in [5.74, 6) is 0.648. The Balaban J connectivity index is 2.38. The van der Waals surface area contributed by atoms with Gasteiger partial charge in [0.25, 0.3) is 0 Å². The van der Waals surface area contributed by atoms with Crippen LogP contribution in [0, 0.1) is 0 Å². The second kappa shape index (κ2) is 8.33. The number of nitrogens with zero attached hydrogens (tertiary/aromatic N) is 1. The van der Waals surface area contributed by atoms with Gasteiger partial charge >= 0.3 is 7.47 Å². The quantitative estimate of drug-likeness (QED) is 0.564. The molecule has 126 valence electrons. The molecule has 4 nitrogen and oxygen atoms in total. The van der Waals surface area contributed by atoms with E-state index in [-0.39, 0.29) is 11.8 Å². The van der Waals surface area contributed by atoms with E-state index in [2.05, 4.69) is 9.65 Å². The van der Waals surface area contributed by atoms with Crippen LogP contribution in [0.3, 0.4) is 0 Å². The summed E-state index contributed by atoms with van der Waals surface area (Å²) in [6.07, 6.45) is 1.48. The van der Waals surface area contributed by atoms with Crippen molar-refractivity contribution >= 4 is 13.7 Å². The number of hydrogen-bond donors (Lipinski definition) is 0. The average Bonchev–Trinajstić information content (AvgIpc) is 2.59. The number of ether oxygens (including phenoxy) is 2. The van der Waals surface area contributed by atoms with Crippen molar-refractivity contribution in [3.05, 3.63) is 53.6 Å². The zero-order chi connectivity index (χ0) is 17.5. The van der Waals surface area contributed by atoms with Crippen LogP contribution in [0.4, 0.5) is 8.63 Å². The molecule has 2 aromatic carbocycles. The van der Waals surface area contributed by atoms with Crippen LogP contribution in [0.15, 0.2) is 47.5 Å². The first-order valence-corrected chi connectivity index (χ1v) is 7.34. The first kappa shape index (κ1) is 17.8. The maximum Gasteiger partial charge on any atom is 0.796 e. The van der Waals surface area contributed by atoms with Crippen LogP contribution in [0.5, 0.6) is 17.2 Å². The van der Waals surface area contributed by atoms with Crippen molar-refractivity contribution in [1.82, 2.24) is 0 Å². The van der Waals surface area contributed by atoms with Gasteiger partial charge in [0.15, 0.2) is 0 Å². The maximum atomic E-state index is 12.7. The van der Waals surface area contributed by atoms with Gasteiger partial charge in [0, 0.05) is 18.3 Å². The molecule has 0 radical (unpaired) electrons. The molecule has 0 bridgehead atoms. The fourth-order valence-electron chi connectivity index (χ4n) is 2.19. The highest BCUT2D eigenvalue weighted by Gasteiger charge is 2.22. The van der Waals surface area contributed by atoms with Crippen LogP contribution in [0.1, 0.15) is 24.1 Å². The van der Waals surface area contributed by atoms with E-state index in [0.717, 1.165) is 5.56 Å². The summed E-state index contributed by atoms with van der Waals surface area (Å²) < 4.78 is 40.3. The molecule has 2 rings (SSSR count). The van der Waals surface area contributed by atoms with Gasteiger partial charge in [-0.2, -0.15) is 0 Å². The molecule has 0 spiro atoms. The molecule has 0 fully saturated rings. The highest BCUT2D eigenvalue weighted by molar-refractivity contribution is 6.35. The smallest absolute Gasteiger partial charge is 0.504 e. The van der Waals surface area contributed by atoms with Crippen LogP contribution in [0.25, 0.3) is 0 Å². The van der Waals surface area contributed by atoms with E-state index in [1.807, 2.05) is 37.3 Å². The molecule has 0 saturated heterocycles. The van der Waals surface area contributed by atoms with Crippen LogP contribution in [0.2, 0.25) is 0 Å². The predicted octanol–water partition coefficient (Wildman–Crippen LogP) is 4.19. The number of benzene rings is 2. The van der Waals surface area contributed by atoms with Crippen LogP contribution in [-0.2, 0) is 0 Å². The van der Waals surface area contributed by atoms with E-state index in [1.54, 1.807) is 6.07 Å². The van der Waals surface area contributed by atoms with E-state index < -0.39 is 7.47 Å². The molecule has 0 aliphatic rings. The minimum atomic E-state index is -2.96. The molecule has 0 heterocycles. The molecule has 1 atom stereocenters. The van der Waals surface area contributed by atoms with Gasteiger partial charge in [-0.05, 0) is 12.5 Å². The molecule has 7 heteroatoms. The molecule has 0 aromatic heterocycles. The monoisotopic (exact) mass is 333 g/mol. The fraction of sp³-hybridized carbons (Fsp3) is 0.235. The maximum absolute atomic E-state index is 12.7. The van der Waals surface area contributed by atoms with Crippen LogP contribution >= 0.6 is 0 Å². The third-order valence-corrected chi connectivity index (χ3v) is 3.46. The number of aliphatic imine (C=N–C) groups is 1. The van der Waals surface area contributed by atoms with Gasteiger partial charge < -0.3 is 14.1 Å². The Morgan fingerprint density at radius 2 is 1.71 bits per heavy atom. The summed E-state index contributed by atoms with van der Waals surface area (Å²) in [6, 6.07) is 12.5. The third-order valence-electron chi connectivity index (χ3n) is 3.46. The summed E-state index contributed by atoms with van der Waals surface area (Å²) >= 11 is 0. The number of rotatable bonds is 7. The molecular formula is C17H18BF2NO3. The number of hydrogen-bond acceptors (Lipinski definition) is 4. The van der Waals surface area contributed by atoms with E-state index in [4.69, 9.17) is 9.47 Å². The molecule has 24 heavy (non-hydrogen) atoms. The van der Waals surface area contributed by atoms with Gasteiger partial charge in [0.05, 0.1) is 25.8 Å². The third kappa shape index (κ3) is 4.47. The lowest BCUT2D eigenvalue weighted by Gasteiger charge is -2.14. The van der Waals surface area contributed by atoms with Gasteiger partial charge in [-0.25, -0.2) is 8.63 Å². The summed E-state index contributed by atoms with van der Waals surface area (Å²) in [5, 5.41) is 0. The lowest BCUT2D eigenvalue weighted by molar-refractivity contribution is 0.382. The van der Waals surface area contributed by atoms with Crippen molar-refractivity contribution < 1.29 is 22.8 Å². The Morgan fingerprint density at radius 1 is 1.04 bits per heavy atom. The first-order chi connectivity index (χ1) is 11.5. The second-order valence-electron chi connectivity index (χ2n) is 4.98. The van der Waals surface area contributed by atoms with E-state index in [1.165, 1.54) is 26.5 Å². The van der Waals surface area contributed by atoms with Crippen molar-refractivity contribution in [1.29, 1.82) is 0 Å². The van der Waals surface area contributed by atoms with Gasteiger partial charge in [-0.15, -0.1) is 0 Å². The summed E-state index contributed by atoms with van der Waals surface area (Å²) in [7, 11) is -0.0778. The highest BCUT2D eigenvalue weighted by Crippen LogP contribution is 2.34.